The van der Waals surface area contributed by atoms with E-state index in [1.54, 1.807) is 0 Å². The highest BCUT2D eigenvalue weighted by atomic mass is 16.7. The number of nitrogens with two attached hydrogens (primary N) is 1. The summed E-state index contributed by atoms with van der Waals surface area (Å²) in [5, 5.41) is 10.1. The van der Waals surface area contributed by atoms with Gasteiger partial charge in [0.1, 0.15) is 0 Å². The van der Waals surface area contributed by atoms with Crippen LogP contribution in [0.15, 0.2) is 0 Å². The molecule has 6 nitrogen and oxygen atoms in total. The second-order valence-electron chi connectivity index (χ2n) is 1.88. The van der Waals surface area contributed by atoms with Gasteiger partial charge in [-0.2, -0.15) is 0 Å². The lowest BCUT2D eigenvalue weighted by Crippen LogP contribution is -2.48. The van der Waals surface area contributed by atoms with Gasteiger partial charge in [0.25, 0.3) is 0 Å². The fourth-order valence-electron chi connectivity index (χ4n) is 0.711. The Morgan fingerprint density at radius 3 is 2.50 bits per heavy atom. The highest BCUT2D eigenvalue weighted by Gasteiger charge is 2.33. The second-order valence-corrected chi connectivity index (χ2v) is 1.88. The summed E-state index contributed by atoms with van der Waals surface area (Å²) in [5.41, 5.74) is 5.19. The van der Waals surface area contributed by atoms with Crippen LogP contribution in [-0.4, -0.2) is 30.6 Å². The second kappa shape index (κ2) is 2.91. The summed E-state index contributed by atoms with van der Waals surface area (Å²) in [7, 11) is 0. The molecule has 2 N–H and O–H groups in total. The first-order chi connectivity index (χ1) is 4.72. The fourth-order valence-corrected chi connectivity index (χ4v) is 0.711. The minimum Gasteiger partial charge on any atom is -0.351 e. The molecule has 1 rings (SSSR count). The molecule has 0 aromatic heterocycles. The Hall–Kier alpha value is -0.720. The summed E-state index contributed by atoms with van der Waals surface area (Å²) in [6, 6.07) is 0. The van der Waals surface area contributed by atoms with Crippen molar-refractivity contribution in [3.8, 4) is 0 Å². The van der Waals surface area contributed by atoms with Crippen molar-refractivity contribution in [2.24, 2.45) is 5.73 Å². The molecular weight excluding hydrogens is 140 g/mol. The predicted octanol–water partition coefficient (Wildman–Crippen LogP) is -1.08. The first-order valence-corrected chi connectivity index (χ1v) is 2.84. The summed E-state index contributed by atoms with van der Waals surface area (Å²) >= 11 is 0. The molecule has 2 atom stereocenters. The third-order valence-corrected chi connectivity index (χ3v) is 1.17. The molecule has 0 aliphatic carbocycles. The van der Waals surface area contributed by atoms with Gasteiger partial charge in [-0.1, -0.05) is 0 Å². The van der Waals surface area contributed by atoms with Gasteiger partial charge in [-0.05, 0) is 0 Å². The first kappa shape index (κ1) is 7.39. The molecule has 0 aromatic carbocycles. The van der Waals surface area contributed by atoms with Crippen molar-refractivity contribution in [1.82, 2.24) is 0 Å². The van der Waals surface area contributed by atoms with E-state index >= 15 is 0 Å². The zero-order chi connectivity index (χ0) is 7.56. The smallest absolute Gasteiger partial charge is 0.351 e. The lowest BCUT2D eigenvalue weighted by molar-refractivity contribution is -0.596. The van der Waals surface area contributed by atoms with Gasteiger partial charge in [0, 0.05) is 0 Å². The minimum absolute atomic E-state index is 0.235. The van der Waals surface area contributed by atoms with Crippen molar-refractivity contribution in [1.29, 1.82) is 0 Å². The highest BCUT2D eigenvalue weighted by molar-refractivity contribution is 4.57. The number of nitro groups is 1. The van der Waals surface area contributed by atoms with Crippen molar-refractivity contribution >= 4 is 0 Å². The van der Waals surface area contributed by atoms with E-state index in [2.05, 4.69) is 0 Å². The summed E-state index contributed by atoms with van der Waals surface area (Å²) < 4.78 is 9.47. The summed E-state index contributed by atoms with van der Waals surface area (Å²) in [6.07, 6.45) is -2.13. The van der Waals surface area contributed by atoms with Crippen LogP contribution in [0.4, 0.5) is 0 Å². The molecule has 0 bridgehead atoms. The molecule has 1 aliphatic rings. The summed E-state index contributed by atoms with van der Waals surface area (Å²) in [6.45, 7) is 0.560. The third-order valence-electron chi connectivity index (χ3n) is 1.17. The first-order valence-electron chi connectivity index (χ1n) is 2.84. The molecule has 0 radical (unpaired) electrons. The van der Waals surface area contributed by atoms with Crippen molar-refractivity contribution in [3.63, 3.8) is 0 Å². The lowest BCUT2D eigenvalue weighted by atomic mass is 10.5. The molecule has 6 heteroatoms. The molecule has 58 valence electrons. The molecule has 10 heavy (non-hydrogen) atoms. The van der Waals surface area contributed by atoms with Crippen LogP contribution in [0.25, 0.3) is 0 Å². The van der Waals surface area contributed by atoms with Gasteiger partial charge in [0.2, 0.25) is 6.23 Å². The van der Waals surface area contributed by atoms with Crippen molar-refractivity contribution in [3.05, 3.63) is 10.1 Å². The largest absolute Gasteiger partial charge is 0.354 e. The number of hydrogen-bond acceptors (Lipinski definition) is 5. The van der Waals surface area contributed by atoms with Crippen molar-refractivity contribution < 1.29 is 14.4 Å². The monoisotopic (exact) mass is 148 g/mol. The number of hydrogen-bond donors (Lipinski definition) is 1. The molecule has 0 spiro atoms. The van der Waals surface area contributed by atoms with E-state index in [9.17, 15) is 10.1 Å². The maximum Gasteiger partial charge on any atom is 0.354 e. The Labute approximate surface area is 57.0 Å². The van der Waals surface area contributed by atoms with Gasteiger partial charge in [-0.15, -0.1) is 0 Å². The van der Waals surface area contributed by atoms with Crippen LogP contribution in [0.3, 0.4) is 0 Å². The Kier molecular flexibility index (Phi) is 2.15. The fraction of sp³-hybridized carbons (Fsp3) is 1.00. The maximum atomic E-state index is 10.1. The Balaban J connectivity index is 2.47. The molecule has 1 aliphatic heterocycles. The van der Waals surface area contributed by atoms with Gasteiger partial charge in [0.05, 0.1) is 18.1 Å². The van der Waals surface area contributed by atoms with E-state index < -0.39 is 17.4 Å². The summed E-state index contributed by atoms with van der Waals surface area (Å²) in [4.78, 5) is 9.49. The van der Waals surface area contributed by atoms with E-state index in [0.717, 1.165) is 0 Å². The van der Waals surface area contributed by atoms with Crippen LogP contribution in [-0.2, 0) is 9.47 Å². The summed E-state index contributed by atoms with van der Waals surface area (Å²) in [5.74, 6) is 0. The number of rotatable bonds is 1. The average Bonchev–Trinajstić information content (AvgIpc) is 1.88. The van der Waals surface area contributed by atoms with Crippen LogP contribution in [0.5, 0.6) is 0 Å². The van der Waals surface area contributed by atoms with Crippen molar-refractivity contribution in [2.75, 3.05) is 13.2 Å². The quantitative estimate of drug-likeness (QED) is 0.377. The van der Waals surface area contributed by atoms with Crippen LogP contribution in [0.2, 0.25) is 0 Å². The van der Waals surface area contributed by atoms with Gasteiger partial charge < -0.3 is 9.47 Å². The molecule has 1 heterocycles. The Morgan fingerprint density at radius 2 is 2.10 bits per heavy atom. The predicted molar refractivity (Wildman–Crippen MR) is 30.7 cm³/mol. The van der Waals surface area contributed by atoms with Gasteiger partial charge in [-0.25, -0.2) is 0 Å². The highest BCUT2D eigenvalue weighted by Crippen LogP contribution is 2.05. The van der Waals surface area contributed by atoms with E-state index in [1.165, 1.54) is 0 Å². The molecule has 2 unspecified atom stereocenters. The van der Waals surface area contributed by atoms with E-state index in [1.807, 2.05) is 0 Å². The molecule has 1 saturated heterocycles. The molecule has 0 aromatic rings. The van der Waals surface area contributed by atoms with Gasteiger partial charge >= 0.3 is 6.23 Å². The average molecular weight is 148 g/mol. The molecule has 0 saturated carbocycles. The Morgan fingerprint density at radius 1 is 1.50 bits per heavy atom. The number of nitrogens with zero attached hydrogens (tertiary/aromatic N) is 1. The SMILES string of the molecule is NC1OCCOC1[N+](=O)[O-]. The van der Waals surface area contributed by atoms with E-state index in [-0.39, 0.29) is 6.61 Å². The molecular formula is C4H8N2O4. The van der Waals surface area contributed by atoms with Crippen LogP contribution < -0.4 is 5.73 Å². The van der Waals surface area contributed by atoms with Gasteiger partial charge in [0.15, 0.2) is 0 Å². The van der Waals surface area contributed by atoms with E-state index in [0.29, 0.717) is 6.61 Å². The zero-order valence-corrected chi connectivity index (χ0v) is 5.23. The molecule has 0 amide bonds. The van der Waals surface area contributed by atoms with Crippen LogP contribution >= 0.6 is 0 Å². The zero-order valence-electron chi connectivity index (χ0n) is 5.23. The van der Waals surface area contributed by atoms with Gasteiger partial charge in [-0.3, -0.25) is 15.8 Å². The maximum absolute atomic E-state index is 10.1. The lowest BCUT2D eigenvalue weighted by Gasteiger charge is -2.21. The van der Waals surface area contributed by atoms with Crippen LogP contribution in [0.1, 0.15) is 0 Å². The normalized spacial score (nSPS) is 33.7. The third kappa shape index (κ3) is 1.41. The topological polar surface area (TPSA) is 87.6 Å². The Bertz CT molecular complexity index is 139. The van der Waals surface area contributed by atoms with Crippen molar-refractivity contribution in [2.45, 2.75) is 12.5 Å². The van der Waals surface area contributed by atoms with E-state index in [4.69, 9.17) is 15.2 Å². The standard InChI is InChI=1S/C4H8N2O4/c5-3-4(6(7)8)10-2-1-9-3/h3-4H,1-2,5H2. The minimum atomic E-state index is -1.20. The molecule has 1 fully saturated rings. The van der Waals surface area contributed by atoms with Crippen LogP contribution in [0, 0.1) is 10.1 Å². The number of ether oxygens (including phenoxy) is 2.